The molecule has 0 radical (unpaired) electrons. The Kier molecular flexibility index (Phi) is 4.77. The second-order valence-electron chi connectivity index (χ2n) is 7.64. The second-order valence-corrected chi connectivity index (χ2v) is 7.64. The van der Waals surface area contributed by atoms with E-state index in [4.69, 9.17) is 4.74 Å². The normalized spacial score (nSPS) is 19.8. The fraction of sp³-hybridized carbons (Fsp3) is 0.304. The van der Waals surface area contributed by atoms with E-state index in [2.05, 4.69) is 56.9 Å². The molecule has 6 heteroatoms. The number of pyridine rings is 2. The average molecular weight is 387 g/mol. The number of fused-ring (bicyclic) bond motifs is 1. The van der Waals surface area contributed by atoms with E-state index in [-0.39, 0.29) is 12.1 Å². The van der Waals surface area contributed by atoms with Crippen molar-refractivity contribution >= 4 is 22.2 Å². The molecule has 0 amide bonds. The van der Waals surface area contributed by atoms with Crippen molar-refractivity contribution in [2.75, 3.05) is 18.0 Å². The van der Waals surface area contributed by atoms with Gasteiger partial charge in [0.05, 0.1) is 11.6 Å². The Bertz CT molecular complexity index is 1030. The monoisotopic (exact) mass is 387 g/mol. The fourth-order valence-corrected chi connectivity index (χ4v) is 4.17. The van der Waals surface area contributed by atoms with E-state index in [1.165, 1.54) is 22.2 Å². The third kappa shape index (κ3) is 3.63. The number of anilines is 1. The van der Waals surface area contributed by atoms with Gasteiger partial charge in [-0.3, -0.25) is 4.98 Å². The minimum absolute atomic E-state index is 0.214. The van der Waals surface area contributed by atoms with Gasteiger partial charge in [-0.25, -0.2) is 10.4 Å². The molecule has 1 fully saturated rings. The summed E-state index contributed by atoms with van der Waals surface area (Å²) in [5.74, 6) is 0.714. The van der Waals surface area contributed by atoms with Gasteiger partial charge in [-0.2, -0.15) is 0 Å². The third-order valence-corrected chi connectivity index (χ3v) is 5.75. The van der Waals surface area contributed by atoms with Crippen molar-refractivity contribution in [1.82, 2.24) is 20.8 Å². The highest BCUT2D eigenvalue weighted by Gasteiger charge is 2.23. The van der Waals surface area contributed by atoms with Crippen LogP contribution in [-0.2, 0) is 0 Å². The average Bonchev–Trinajstić information content (AvgIpc) is 3.20. The summed E-state index contributed by atoms with van der Waals surface area (Å²) in [5.41, 5.74) is 11.1. The summed E-state index contributed by atoms with van der Waals surface area (Å²) in [4.78, 5) is 11.3. The molecule has 0 spiro atoms. The van der Waals surface area contributed by atoms with Crippen LogP contribution in [0.4, 0.5) is 5.69 Å². The van der Waals surface area contributed by atoms with Crippen LogP contribution in [0.5, 0.6) is 5.88 Å². The number of hydrazine groups is 1. The van der Waals surface area contributed by atoms with Gasteiger partial charge in [0, 0.05) is 61.7 Å². The molecule has 1 unspecified atom stereocenters. The zero-order valence-electron chi connectivity index (χ0n) is 16.5. The Morgan fingerprint density at radius 3 is 2.69 bits per heavy atom. The summed E-state index contributed by atoms with van der Waals surface area (Å²) < 4.78 is 6.05. The Hall–Kier alpha value is -3.12. The van der Waals surface area contributed by atoms with Gasteiger partial charge in [0.1, 0.15) is 6.10 Å². The maximum atomic E-state index is 6.05. The van der Waals surface area contributed by atoms with Crippen LogP contribution in [0.25, 0.3) is 16.5 Å². The molecule has 1 saturated heterocycles. The first-order valence-electron chi connectivity index (χ1n) is 10.2. The lowest BCUT2D eigenvalue weighted by Crippen LogP contribution is -2.38. The molecular weight excluding hydrogens is 362 g/mol. The van der Waals surface area contributed by atoms with E-state index >= 15 is 0 Å². The molecule has 5 rings (SSSR count). The van der Waals surface area contributed by atoms with Crippen LogP contribution in [0.2, 0.25) is 0 Å². The van der Waals surface area contributed by atoms with Gasteiger partial charge in [-0.05, 0) is 42.3 Å². The second kappa shape index (κ2) is 7.72. The maximum Gasteiger partial charge on any atom is 0.213 e. The highest BCUT2D eigenvalue weighted by atomic mass is 16.5. The minimum atomic E-state index is 0.214. The van der Waals surface area contributed by atoms with Crippen molar-refractivity contribution in [2.45, 2.75) is 31.9 Å². The Morgan fingerprint density at radius 1 is 1.03 bits per heavy atom. The topological polar surface area (TPSA) is 62.3 Å². The Morgan fingerprint density at radius 2 is 1.93 bits per heavy atom. The first kappa shape index (κ1) is 17.9. The zero-order chi connectivity index (χ0) is 19.6. The predicted octanol–water partition coefficient (Wildman–Crippen LogP) is 3.51. The molecule has 0 aliphatic carbocycles. The van der Waals surface area contributed by atoms with Crippen LogP contribution >= 0.6 is 0 Å². The van der Waals surface area contributed by atoms with Crippen molar-refractivity contribution < 1.29 is 4.74 Å². The molecule has 6 nitrogen and oxygen atoms in total. The van der Waals surface area contributed by atoms with Crippen LogP contribution < -0.4 is 20.5 Å². The number of ether oxygens (including phenoxy) is 1. The number of nitrogens with zero attached hydrogens (tertiary/aromatic N) is 3. The molecule has 4 heterocycles. The smallest absolute Gasteiger partial charge is 0.213 e. The van der Waals surface area contributed by atoms with E-state index < -0.39 is 0 Å². The fourth-order valence-electron chi connectivity index (χ4n) is 4.17. The largest absolute Gasteiger partial charge is 0.474 e. The van der Waals surface area contributed by atoms with Gasteiger partial charge in [-0.1, -0.05) is 12.1 Å². The number of nitrogens with one attached hydrogen (secondary N) is 2. The number of hydrogen-bond donors (Lipinski definition) is 2. The molecule has 2 aliphatic rings. The van der Waals surface area contributed by atoms with E-state index in [1.54, 1.807) is 6.20 Å². The van der Waals surface area contributed by atoms with Crippen molar-refractivity contribution in [2.24, 2.45) is 0 Å². The molecule has 0 bridgehead atoms. The van der Waals surface area contributed by atoms with Gasteiger partial charge in [0.2, 0.25) is 5.88 Å². The molecule has 148 valence electrons. The molecule has 1 aromatic carbocycles. The zero-order valence-corrected chi connectivity index (χ0v) is 16.5. The highest BCUT2D eigenvalue weighted by Crippen LogP contribution is 2.32. The summed E-state index contributed by atoms with van der Waals surface area (Å²) >= 11 is 0. The van der Waals surface area contributed by atoms with E-state index in [0.717, 1.165) is 31.4 Å². The number of benzene rings is 1. The van der Waals surface area contributed by atoms with Crippen molar-refractivity contribution in [3.05, 3.63) is 66.6 Å². The van der Waals surface area contributed by atoms with Crippen molar-refractivity contribution in [1.29, 1.82) is 0 Å². The van der Waals surface area contributed by atoms with Crippen LogP contribution in [0.15, 0.2) is 61.1 Å². The van der Waals surface area contributed by atoms with Crippen molar-refractivity contribution in [3.63, 3.8) is 0 Å². The van der Waals surface area contributed by atoms with Crippen LogP contribution in [0.3, 0.4) is 0 Å². The first-order valence-corrected chi connectivity index (χ1v) is 10.2. The molecule has 2 aromatic heterocycles. The Labute approximate surface area is 170 Å². The van der Waals surface area contributed by atoms with E-state index in [0.29, 0.717) is 5.88 Å². The lowest BCUT2D eigenvalue weighted by atomic mass is 9.98. The minimum Gasteiger partial charge on any atom is -0.474 e. The van der Waals surface area contributed by atoms with Gasteiger partial charge in [0.15, 0.2) is 0 Å². The molecular formula is C23H25N5O. The SMILES string of the molecule is CC1NNC=C1c1ccc2nccc(N3CCC(Oc4ccccn4)CC3)c2c1. The first-order chi connectivity index (χ1) is 14.3. The molecule has 2 aliphatic heterocycles. The van der Waals surface area contributed by atoms with Crippen LogP contribution in [0.1, 0.15) is 25.3 Å². The Balaban J connectivity index is 1.36. The van der Waals surface area contributed by atoms with Crippen LogP contribution in [0, 0.1) is 0 Å². The molecule has 0 saturated carbocycles. The number of piperidine rings is 1. The highest BCUT2D eigenvalue weighted by molar-refractivity contribution is 5.94. The molecule has 3 aromatic rings. The quantitative estimate of drug-likeness (QED) is 0.714. The van der Waals surface area contributed by atoms with Gasteiger partial charge in [0.25, 0.3) is 0 Å². The summed E-state index contributed by atoms with van der Waals surface area (Å²) in [6, 6.07) is 14.8. The van der Waals surface area contributed by atoms with E-state index in [1.807, 2.05) is 30.6 Å². The van der Waals surface area contributed by atoms with Gasteiger partial charge in [-0.15, -0.1) is 0 Å². The lowest BCUT2D eigenvalue weighted by Gasteiger charge is -2.34. The number of rotatable bonds is 4. The summed E-state index contributed by atoms with van der Waals surface area (Å²) in [7, 11) is 0. The van der Waals surface area contributed by atoms with Crippen molar-refractivity contribution in [3.8, 4) is 5.88 Å². The van der Waals surface area contributed by atoms with Gasteiger partial charge < -0.3 is 15.1 Å². The summed E-state index contributed by atoms with van der Waals surface area (Å²) in [5, 5.41) is 1.20. The molecule has 1 atom stereocenters. The third-order valence-electron chi connectivity index (χ3n) is 5.75. The number of hydrogen-bond acceptors (Lipinski definition) is 6. The molecule has 29 heavy (non-hydrogen) atoms. The number of aromatic nitrogens is 2. The molecule has 2 N–H and O–H groups in total. The summed E-state index contributed by atoms with van der Waals surface area (Å²) in [6.45, 7) is 4.08. The van der Waals surface area contributed by atoms with Crippen LogP contribution in [-0.4, -0.2) is 35.2 Å². The maximum absolute atomic E-state index is 6.05. The van der Waals surface area contributed by atoms with E-state index in [9.17, 15) is 0 Å². The van der Waals surface area contributed by atoms with Gasteiger partial charge >= 0.3 is 0 Å². The standard InChI is InChI=1S/C23H25N5O/c1-16-20(15-26-27-16)17-5-6-21-19(14-17)22(7-11-24-21)28-12-8-18(9-13-28)29-23-4-2-3-10-25-23/h2-7,10-11,14-16,18,26-27H,8-9,12-13H2,1H3. The predicted molar refractivity (Wildman–Crippen MR) is 116 cm³/mol. The summed E-state index contributed by atoms with van der Waals surface area (Å²) in [6.07, 6.45) is 7.91. The lowest BCUT2D eigenvalue weighted by molar-refractivity contribution is 0.164.